The average molecular weight is 449 g/mol. The molecule has 0 spiro atoms. The van der Waals surface area contributed by atoms with Crippen LogP contribution in [0.2, 0.25) is 0 Å². The Morgan fingerprint density at radius 2 is 1.84 bits per heavy atom. The minimum Gasteiger partial charge on any atom is -0.305 e. The van der Waals surface area contributed by atoms with Crippen LogP contribution in [0.25, 0.3) is 0 Å². The molecule has 1 aromatic carbocycles. The minimum absolute atomic E-state index is 0.0461. The van der Waals surface area contributed by atoms with E-state index in [2.05, 4.69) is 65.5 Å². The van der Waals surface area contributed by atoms with Crippen molar-refractivity contribution in [2.75, 3.05) is 5.75 Å². The normalized spacial score (nSPS) is 22.3. The Bertz CT molecular complexity index is 988. The van der Waals surface area contributed by atoms with Gasteiger partial charge in [0.2, 0.25) is 0 Å². The lowest BCUT2D eigenvalue weighted by atomic mass is 9.66. The highest BCUT2D eigenvalue weighted by Crippen LogP contribution is 2.53. The summed E-state index contributed by atoms with van der Waals surface area (Å²) in [6.45, 7) is 17.3. The number of nitrogens with one attached hydrogen (secondary N) is 1. The van der Waals surface area contributed by atoms with Crippen LogP contribution in [0.4, 0.5) is 0 Å². The molecule has 2 nitrogen and oxygen atoms in total. The molecule has 0 saturated heterocycles. The van der Waals surface area contributed by atoms with E-state index in [-0.39, 0.29) is 5.41 Å². The summed E-state index contributed by atoms with van der Waals surface area (Å²) >= 11 is 1.79. The monoisotopic (exact) mass is 448 g/mol. The molecule has 0 aromatic heterocycles. The number of aliphatic imine (C=N–C) groups is 1. The van der Waals surface area contributed by atoms with Crippen LogP contribution in [0.15, 0.2) is 58.3 Å². The molecule has 3 rings (SSSR count). The predicted octanol–water partition coefficient (Wildman–Crippen LogP) is 8.39. The smallest absolute Gasteiger partial charge is 0.0707 e. The zero-order chi connectivity index (χ0) is 23.5. The van der Waals surface area contributed by atoms with Crippen molar-refractivity contribution in [1.82, 2.24) is 0 Å². The molecule has 172 valence electrons. The summed E-state index contributed by atoms with van der Waals surface area (Å²) in [5.74, 6) is 1.50. The number of thioether (sulfide) groups is 1. The van der Waals surface area contributed by atoms with Gasteiger partial charge in [0.1, 0.15) is 0 Å². The third-order valence-electron chi connectivity index (χ3n) is 7.45. The van der Waals surface area contributed by atoms with E-state index in [1.807, 2.05) is 6.92 Å². The van der Waals surface area contributed by atoms with Crippen LogP contribution in [0, 0.1) is 30.6 Å². The molecule has 1 N–H and O–H groups in total. The van der Waals surface area contributed by atoms with Gasteiger partial charge in [0.25, 0.3) is 0 Å². The Labute approximate surface area is 199 Å². The first-order valence-electron chi connectivity index (χ1n) is 12.0. The molecule has 0 aliphatic heterocycles. The standard InChI is InChI=1S/C29H40N2S/c1-19-13-14-21(3)25(15-19)16-20(2)18-32-24(6)31-28-27(23(5)30)17-22(4)29(28,7)26-11-9-8-10-12-26/h13-15,17,26,30H,2,8-12,16,18H2,1,3-7H3. The highest BCUT2D eigenvalue weighted by Gasteiger charge is 2.44. The van der Waals surface area contributed by atoms with E-state index in [1.165, 1.54) is 59.9 Å². The molecule has 2 aliphatic carbocycles. The van der Waals surface area contributed by atoms with Gasteiger partial charge < -0.3 is 5.41 Å². The second kappa shape index (κ2) is 10.4. The lowest BCUT2D eigenvalue weighted by molar-refractivity contribution is 0.215. The third kappa shape index (κ3) is 5.36. The summed E-state index contributed by atoms with van der Waals surface area (Å²) in [7, 11) is 0. The van der Waals surface area contributed by atoms with Crippen molar-refractivity contribution in [1.29, 1.82) is 5.41 Å². The maximum Gasteiger partial charge on any atom is 0.0707 e. The van der Waals surface area contributed by atoms with E-state index < -0.39 is 0 Å². The van der Waals surface area contributed by atoms with Gasteiger partial charge >= 0.3 is 0 Å². The fraction of sp³-hybridized carbons (Fsp3) is 0.517. The summed E-state index contributed by atoms with van der Waals surface area (Å²) in [5, 5.41) is 9.46. The number of rotatable bonds is 7. The first-order valence-corrected chi connectivity index (χ1v) is 13.0. The fourth-order valence-corrected chi connectivity index (χ4v) is 5.94. The lowest BCUT2D eigenvalue weighted by Gasteiger charge is -2.39. The van der Waals surface area contributed by atoms with Crippen molar-refractivity contribution in [2.45, 2.75) is 80.1 Å². The molecular formula is C29H40N2S. The summed E-state index contributed by atoms with van der Waals surface area (Å²) in [6, 6.07) is 6.65. The zero-order valence-electron chi connectivity index (χ0n) is 20.9. The largest absolute Gasteiger partial charge is 0.305 e. The van der Waals surface area contributed by atoms with Crippen LogP contribution in [-0.2, 0) is 6.42 Å². The van der Waals surface area contributed by atoms with Gasteiger partial charge in [0, 0.05) is 22.5 Å². The van der Waals surface area contributed by atoms with E-state index in [0.29, 0.717) is 11.6 Å². The van der Waals surface area contributed by atoms with Crippen molar-refractivity contribution in [3.63, 3.8) is 0 Å². The second-order valence-corrected chi connectivity index (χ2v) is 11.2. The highest BCUT2D eigenvalue weighted by molar-refractivity contribution is 8.14. The van der Waals surface area contributed by atoms with Gasteiger partial charge in [0.15, 0.2) is 0 Å². The van der Waals surface area contributed by atoms with Gasteiger partial charge in [0.05, 0.1) is 10.7 Å². The second-order valence-electron chi connectivity index (χ2n) is 10.0. The van der Waals surface area contributed by atoms with Gasteiger partial charge in [-0.25, -0.2) is 4.99 Å². The van der Waals surface area contributed by atoms with Crippen molar-refractivity contribution < 1.29 is 0 Å². The Kier molecular flexibility index (Phi) is 8.03. The Hall–Kier alpha value is -1.87. The van der Waals surface area contributed by atoms with E-state index in [0.717, 1.165) is 28.5 Å². The number of nitrogens with zero attached hydrogens (tertiary/aromatic N) is 1. The van der Waals surface area contributed by atoms with E-state index in [1.54, 1.807) is 11.8 Å². The molecule has 0 amide bonds. The molecular weight excluding hydrogens is 408 g/mol. The van der Waals surface area contributed by atoms with Gasteiger partial charge in [-0.1, -0.05) is 66.8 Å². The Morgan fingerprint density at radius 1 is 1.16 bits per heavy atom. The summed E-state index contributed by atoms with van der Waals surface area (Å²) in [4.78, 5) is 5.19. The number of allylic oxidation sites excluding steroid dienone is 3. The van der Waals surface area contributed by atoms with Gasteiger partial charge in [-0.3, -0.25) is 0 Å². The molecule has 0 bridgehead atoms. The van der Waals surface area contributed by atoms with Gasteiger partial charge in [-0.2, -0.15) is 0 Å². The molecule has 2 aliphatic rings. The number of hydrogen-bond acceptors (Lipinski definition) is 3. The van der Waals surface area contributed by atoms with E-state index in [9.17, 15) is 0 Å². The van der Waals surface area contributed by atoms with Crippen molar-refractivity contribution in [3.05, 3.63) is 70.0 Å². The predicted molar refractivity (Wildman–Crippen MR) is 143 cm³/mol. The van der Waals surface area contributed by atoms with Crippen molar-refractivity contribution >= 4 is 22.5 Å². The third-order valence-corrected chi connectivity index (χ3v) is 8.51. The SMILES string of the molecule is C=C(CSC(C)=NC1=C(C(C)=N)C=C(C)C1(C)C1CCCCC1)Cc1cc(C)ccc1C. The van der Waals surface area contributed by atoms with Crippen LogP contribution in [-0.4, -0.2) is 16.5 Å². The molecule has 0 radical (unpaired) electrons. The zero-order valence-corrected chi connectivity index (χ0v) is 21.7. The lowest BCUT2D eigenvalue weighted by Crippen LogP contribution is -2.31. The number of aryl methyl sites for hydroxylation is 2. The molecule has 1 fully saturated rings. The van der Waals surface area contributed by atoms with E-state index >= 15 is 0 Å². The molecule has 1 saturated carbocycles. The fourth-order valence-electron chi connectivity index (χ4n) is 5.27. The molecule has 3 heteroatoms. The van der Waals surface area contributed by atoms with Crippen molar-refractivity contribution in [2.24, 2.45) is 16.3 Å². The quantitative estimate of drug-likeness (QED) is 0.254. The Morgan fingerprint density at radius 3 is 2.50 bits per heavy atom. The highest BCUT2D eigenvalue weighted by atomic mass is 32.2. The molecule has 1 atom stereocenters. The van der Waals surface area contributed by atoms with Gasteiger partial charge in [-0.05, 0) is 77.8 Å². The maximum absolute atomic E-state index is 8.39. The topological polar surface area (TPSA) is 36.2 Å². The average Bonchev–Trinajstić information content (AvgIpc) is 3.01. The van der Waals surface area contributed by atoms with Crippen LogP contribution in [0.3, 0.4) is 0 Å². The molecule has 0 heterocycles. The van der Waals surface area contributed by atoms with Crippen molar-refractivity contribution in [3.8, 4) is 0 Å². The van der Waals surface area contributed by atoms with E-state index in [4.69, 9.17) is 10.4 Å². The Balaban J connectivity index is 1.76. The first-order chi connectivity index (χ1) is 15.1. The molecule has 32 heavy (non-hydrogen) atoms. The summed E-state index contributed by atoms with van der Waals surface area (Å²) < 4.78 is 0. The summed E-state index contributed by atoms with van der Waals surface area (Å²) in [6.07, 6.45) is 9.67. The first kappa shape index (κ1) is 24.8. The molecule has 1 aromatic rings. The minimum atomic E-state index is -0.0461. The number of hydrogen-bond donors (Lipinski definition) is 1. The summed E-state index contributed by atoms with van der Waals surface area (Å²) in [5.41, 5.74) is 9.35. The van der Waals surface area contributed by atoms with Crippen LogP contribution >= 0.6 is 11.8 Å². The number of benzene rings is 1. The molecule has 1 unspecified atom stereocenters. The van der Waals surface area contributed by atoms with Crippen LogP contribution < -0.4 is 0 Å². The van der Waals surface area contributed by atoms with Gasteiger partial charge in [-0.15, -0.1) is 11.8 Å². The van der Waals surface area contributed by atoms with Crippen LogP contribution in [0.1, 0.15) is 76.5 Å². The van der Waals surface area contributed by atoms with Crippen LogP contribution in [0.5, 0.6) is 0 Å². The maximum atomic E-state index is 8.39.